The van der Waals surface area contributed by atoms with Crippen molar-refractivity contribution in [1.82, 2.24) is 20.2 Å². The Hall–Kier alpha value is -2.47. The van der Waals surface area contributed by atoms with Crippen LogP contribution in [0.4, 0.5) is 4.39 Å². The second-order valence-corrected chi connectivity index (χ2v) is 4.27. The molecule has 0 aliphatic heterocycles. The molecule has 1 N–H and O–H groups in total. The Balaban J connectivity index is 2.35. The van der Waals surface area contributed by atoms with Gasteiger partial charge in [-0.1, -0.05) is 11.8 Å². The predicted octanol–water partition coefficient (Wildman–Crippen LogP) is 0.850. The number of carboxylic acid groups (broad SMARTS) is 1. The molecule has 1 aromatic carbocycles. The van der Waals surface area contributed by atoms with Crippen LogP contribution < -0.4 is 0 Å². The van der Waals surface area contributed by atoms with Crippen molar-refractivity contribution in [1.29, 1.82) is 5.26 Å². The van der Waals surface area contributed by atoms with Gasteiger partial charge < -0.3 is 5.11 Å². The normalized spacial score (nSPS) is 10.1. The highest BCUT2D eigenvalue weighted by atomic mass is 32.2. The van der Waals surface area contributed by atoms with E-state index in [1.54, 1.807) is 6.07 Å². The van der Waals surface area contributed by atoms with Crippen LogP contribution in [0.2, 0.25) is 0 Å². The molecule has 0 saturated carbocycles. The molecule has 0 atom stereocenters. The van der Waals surface area contributed by atoms with Crippen LogP contribution in [0.15, 0.2) is 23.4 Å². The third-order valence-corrected chi connectivity index (χ3v) is 2.98. The molecule has 19 heavy (non-hydrogen) atoms. The average Bonchev–Trinajstić information content (AvgIpc) is 2.85. The van der Waals surface area contributed by atoms with Crippen LogP contribution in [0.25, 0.3) is 5.69 Å². The molecular formula is C10H6FN5O2S. The molecule has 9 heteroatoms. The SMILES string of the molecule is N#Cc1cc(-n2nnnc2SCC(=O)O)ccc1F. The van der Waals surface area contributed by atoms with Gasteiger partial charge in [0, 0.05) is 0 Å². The summed E-state index contributed by atoms with van der Waals surface area (Å²) >= 11 is 0.925. The van der Waals surface area contributed by atoms with E-state index in [2.05, 4.69) is 15.5 Å². The quantitative estimate of drug-likeness (QED) is 0.827. The summed E-state index contributed by atoms with van der Waals surface area (Å²) in [4.78, 5) is 10.5. The number of hydrogen-bond acceptors (Lipinski definition) is 6. The molecule has 0 spiro atoms. The lowest BCUT2D eigenvalue weighted by Gasteiger charge is -2.03. The fraction of sp³-hybridized carbons (Fsp3) is 0.100. The molecule has 96 valence electrons. The number of benzene rings is 1. The van der Waals surface area contributed by atoms with Crippen LogP contribution in [0.5, 0.6) is 0 Å². The molecule has 2 rings (SSSR count). The lowest BCUT2D eigenvalue weighted by Crippen LogP contribution is -2.03. The Kier molecular flexibility index (Phi) is 3.72. The number of carbonyl (C=O) groups is 1. The van der Waals surface area contributed by atoms with Gasteiger partial charge in [0.25, 0.3) is 0 Å². The lowest BCUT2D eigenvalue weighted by atomic mass is 10.2. The first-order valence-corrected chi connectivity index (χ1v) is 5.93. The van der Waals surface area contributed by atoms with Gasteiger partial charge in [0.15, 0.2) is 0 Å². The maximum atomic E-state index is 13.2. The second-order valence-electron chi connectivity index (χ2n) is 3.33. The molecule has 0 saturated heterocycles. The largest absolute Gasteiger partial charge is 0.481 e. The number of aliphatic carboxylic acids is 1. The van der Waals surface area contributed by atoms with Gasteiger partial charge in [0.05, 0.1) is 17.0 Å². The summed E-state index contributed by atoms with van der Waals surface area (Å²) in [7, 11) is 0. The van der Waals surface area contributed by atoms with Gasteiger partial charge in [-0.25, -0.2) is 4.39 Å². The second kappa shape index (κ2) is 5.45. The average molecular weight is 279 g/mol. The highest BCUT2D eigenvalue weighted by Crippen LogP contribution is 2.19. The molecule has 0 aliphatic rings. The Bertz CT molecular complexity index is 666. The van der Waals surface area contributed by atoms with E-state index in [1.807, 2.05) is 0 Å². The van der Waals surface area contributed by atoms with E-state index in [1.165, 1.54) is 16.8 Å². The maximum absolute atomic E-state index is 13.2. The molecule has 0 fully saturated rings. The first-order chi connectivity index (χ1) is 9.11. The van der Waals surface area contributed by atoms with Crippen molar-refractivity contribution in [3.8, 4) is 11.8 Å². The number of nitrogens with zero attached hydrogens (tertiary/aromatic N) is 5. The number of rotatable bonds is 4. The molecular weight excluding hydrogens is 273 g/mol. The van der Waals surface area contributed by atoms with E-state index < -0.39 is 11.8 Å². The Morgan fingerprint density at radius 3 is 3.05 bits per heavy atom. The van der Waals surface area contributed by atoms with Crippen molar-refractivity contribution in [3.63, 3.8) is 0 Å². The third kappa shape index (κ3) is 2.86. The maximum Gasteiger partial charge on any atom is 0.313 e. The summed E-state index contributed by atoms with van der Waals surface area (Å²) in [5.74, 6) is -1.84. The van der Waals surface area contributed by atoms with Gasteiger partial charge in [0.2, 0.25) is 5.16 Å². The van der Waals surface area contributed by atoms with Crippen LogP contribution in [0.3, 0.4) is 0 Å². The zero-order chi connectivity index (χ0) is 13.8. The third-order valence-electron chi connectivity index (χ3n) is 2.08. The number of aromatic nitrogens is 4. The summed E-state index contributed by atoms with van der Waals surface area (Å²) in [6, 6.07) is 5.52. The number of thioether (sulfide) groups is 1. The standard InChI is InChI=1S/C10H6FN5O2S/c11-8-2-1-7(3-6(8)4-12)16-10(13-14-15-16)19-5-9(17)18/h1-3H,5H2,(H,17,18). The summed E-state index contributed by atoms with van der Waals surface area (Å²) in [5.41, 5.74) is 0.248. The first kappa shape index (κ1) is 13.0. The fourth-order valence-electron chi connectivity index (χ4n) is 1.29. The van der Waals surface area contributed by atoms with E-state index in [0.29, 0.717) is 5.69 Å². The Morgan fingerprint density at radius 1 is 1.58 bits per heavy atom. The van der Waals surface area contributed by atoms with E-state index in [-0.39, 0.29) is 16.5 Å². The van der Waals surface area contributed by atoms with Gasteiger partial charge in [-0.05, 0) is 28.6 Å². The van der Waals surface area contributed by atoms with Crippen molar-refractivity contribution in [2.75, 3.05) is 5.75 Å². The van der Waals surface area contributed by atoms with Gasteiger partial charge in [0.1, 0.15) is 11.9 Å². The van der Waals surface area contributed by atoms with Crippen LogP contribution in [-0.2, 0) is 4.79 Å². The molecule has 0 aliphatic carbocycles. The minimum Gasteiger partial charge on any atom is -0.481 e. The van der Waals surface area contributed by atoms with E-state index in [4.69, 9.17) is 10.4 Å². The molecule has 1 aromatic heterocycles. The van der Waals surface area contributed by atoms with Gasteiger partial charge in [-0.3, -0.25) is 4.79 Å². The van der Waals surface area contributed by atoms with Gasteiger partial charge in [-0.15, -0.1) is 5.10 Å². The number of hydrogen-bond donors (Lipinski definition) is 1. The van der Waals surface area contributed by atoms with Crippen LogP contribution in [-0.4, -0.2) is 37.0 Å². The van der Waals surface area contributed by atoms with Crippen molar-refractivity contribution < 1.29 is 14.3 Å². The number of tetrazole rings is 1. The highest BCUT2D eigenvalue weighted by Gasteiger charge is 2.12. The van der Waals surface area contributed by atoms with Crippen LogP contribution in [0.1, 0.15) is 5.56 Å². The van der Waals surface area contributed by atoms with Crippen molar-refractivity contribution in [3.05, 3.63) is 29.6 Å². The summed E-state index contributed by atoms with van der Waals surface area (Å²) in [6.45, 7) is 0. The van der Waals surface area contributed by atoms with E-state index in [0.717, 1.165) is 17.8 Å². The summed E-state index contributed by atoms with van der Waals surface area (Å²) in [5, 5.41) is 28.4. The highest BCUT2D eigenvalue weighted by molar-refractivity contribution is 7.99. The minimum absolute atomic E-state index is 0.137. The number of halogens is 1. The Morgan fingerprint density at radius 2 is 2.37 bits per heavy atom. The monoisotopic (exact) mass is 279 g/mol. The lowest BCUT2D eigenvalue weighted by molar-refractivity contribution is -0.133. The molecule has 0 radical (unpaired) electrons. The van der Waals surface area contributed by atoms with Crippen molar-refractivity contribution in [2.24, 2.45) is 0 Å². The predicted molar refractivity (Wildman–Crippen MR) is 62.2 cm³/mol. The van der Waals surface area contributed by atoms with E-state index >= 15 is 0 Å². The molecule has 0 amide bonds. The molecule has 7 nitrogen and oxygen atoms in total. The first-order valence-electron chi connectivity index (χ1n) is 4.95. The van der Waals surface area contributed by atoms with Crippen LogP contribution in [0, 0.1) is 17.1 Å². The topological polar surface area (TPSA) is 105 Å². The smallest absolute Gasteiger partial charge is 0.313 e. The van der Waals surface area contributed by atoms with Crippen molar-refractivity contribution in [2.45, 2.75) is 5.16 Å². The fourth-order valence-corrected chi connectivity index (χ4v) is 1.90. The molecule has 0 bridgehead atoms. The van der Waals surface area contributed by atoms with Gasteiger partial charge >= 0.3 is 5.97 Å². The minimum atomic E-state index is -1.00. The zero-order valence-electron chi connectivity index (χ0n) is 9.32. The molecule has 1 heterocycles. The zero-order valence-corrected chi connectivity index (χ0v) is 10.1. The van der Waals surface area contributed by atoms with Crippen LogP contribution >= 0.6 is 11.8 Å². The van der Waals surface area contributed by atoms with Crippen molar-refractivity contribution >= 4 is 17.7 Å². The van der Waals surface area contributed by atoms with Gasteiger partial charge in [-0.2, -0.15) is 9.94 Å². The Labute approximate surface area is 110 Å². The summed E-state index contributed by atoms with van der Waals surface area (Å²) in [6.07, 6.45) is 0. The van der Waals surface area contributed by atoms with E-state index in [9.17, 15) is 9.18 Å². The number of carboxylic acids is 1. The molecule has 2 aromatic rings. The molecule has 0 unspecified atom stereocenters. The summed E-state index contributed by atoms with van der Waals surface area (Å²) < 4.78 is 14.4. The number of nitriles is 1.